The minimum absolute atomic E-state index is 0.0151. The Kier molecular flexibility index (Phi) is 5.43. The number of fused-ring (bicyclic) bond motifs is 1. The van der Waals surface area contributed by atoms with Gasteiger partial charge in [-0.1, -0.05) is 18.2 Å². The SMILES string of the molecule is CNS(=O)(=O)c1ccc(OC)c(NC(=O)Cc2n[nH]c(=O)c3ccccc23)c1. The van der Waals surface area contributed by atoms with E-state index >= 15 is 0 Å². The molecule has 0 saturated carbocycles. The topological polar surface area (TPSA) is 130 Å². The number of anilines is 1. The van der Waals surface area contributed by atoms with Gasteiger partial charge in [0.15, 0.2) is 0 Å². The van der Waals surface area contributed by atoms with Gasteiger partial charge in [0, 0.05) is 5.39 Å². The van der Waals surface area contributed by atoms with Crippen molar-refractivity contribution in [3.05, 3.63) is 58.5 Å². The highest BCUT2D eigenvalue weighted by Crippen LogP contribution is 2.27. The summed E-state index contributed by atoms with van der Waals surface area (Å²) in [5.74, 6) is -0.135. The average molecular weight is 402 g/mol. The van der Waals surface area contributed by atoms with Gasteiger partial charge in [-0.15, -0.1) is 0 Å². The summed E-state index contributed by atoms with van der Waals surface area (Å²) in [6.45, 7) is 0. The Balaban J connectivity index is 1.91. The van der Waals surface area contributed by atoms with E-state index < -0.39 is 15.9 Å². The lowest BCUT2D eigenvalue weighted by Gasteiger charge is -2.12. The average Bonchev–Trinajstić information content (AvgIpc) is 2.70. The van der Waals surface area contributed by atoms with Crippen LogP contribution in [-0.2, 0) is 21.2 Å². The first kappa shape index (κ1) is 19.5. The molecule has 0 fully saturated rings. The summed E-state index contributed by atoms with van der Waals surface area (Å²) in [5.41, 5.74) is 0.259. The van der Waals surface area contributed by atoms with Crippen LogP contribution < -0.4 is 20.3 Å². The third kappa shape index (κ3) is 3.87. The molecule has 0 aliphatic rings. The van der Waals surface area contributed by atoms with Crippen molar-refractivity contribution in [2.24, 2.45) is 0 Å². The van der Waals surface area contributed by atoms with Crippen molar-refractivity contribution >= 4 is 32.4 Å². The van der Waals surface area contributed by atoms with Crippen molar-refractivity contribution in [2.75, 3.05) is 19.5 Å². The molecule has 0 spiro atoms. The molecule has 10 heteroatoms. The van der Waals surface area contributed by atoms with Crippen molar-refractivity contribution in [3.63, 3.8) is 0 Å². The van der Waals surface area contributed by atoms with E-state index in [1.807, 2.05) is 0 Å². The first-order chi connectivity index (χ1) is 13.4. The van der Waals surface area contributed by atoms with Gasteiger partial charge in [-0.25, -0.2) is 18.2 Å². The van der Waals surface area contributed by atoms with E-state index in [0.717, 1.165) is 0 Å². The Hall–Kier alpha value is -3.24. The van der Waals surface area contributed by atoms with E-state index in [1.54, 1.807) is 24.3 Å². The number of ether oxygens (including phenoxy) is 1. The fourth-order valence-corrected chi connectivity index (χ4v) is 3.48. The third-order valence-corrected chi connectivity index (χ3v) is 5.54. The summed E-state index contributed by atoms with van der Waals surface area (Å²) >= 11 is 0. The van der Waals surface area contributed by atoms with Gasteiger partial charge in [0.2, 0.25) is 15.9 Å². The van der Waals surface area contributed by atoms with Crippen molar-refractivity contribution in [1.29, 1.82) is 0 Å². The van der Waals surface area contributed by atoms with E-state index in [-0.39, 0.29) is 22.6 Å². The number of H-pyrrole nitrogens is 1. The molecule has 1 amide bonds. The number of sulfonamides is 1. The van der Waals surface area contributed by atoms with Crippen molar-refractivity contribution in [2.45, 2.75) is 11.3 Å². The van der Waals surface area contributed by atoms with Crippen LogP contribution in [0.2, 0.25) is 0 Å². The Labute approximate surface area is 160 Å². The Morgan fingerprint density at radius 3 is 2.57 bits per heavy atom. The highest BCUT2D eigenvalue weighted by Gasteiger charge is 2.17. The molecule has 3 aromatic rings. The third-order valence-electron chi connectivity index (χ3n) is 4.13. The second-order valence-electron chi connectivity index (χ2n) is 5.84. The van der Waals surface area contributed by atoms with Crippen LogP contribution in [0.5, 0.6) is 5.75 Å². The second-order valence-corrected chi connectivity index (χ2v) is 7.73. The monoisotopic (exact) mass is 402 g/mol. The molecule has 1 aromatic heterocycles. The molecular weight excluding hydrogens is 384 g/mol. The number of nitrogens with zero attached hydrogens (tertiary/aromatic N) is 1. The number of carbonyl (C=O) groups is 1. The molecule has 0 radical (unpaired) electrons. The number of aromatic amines is 1. The largest absolute Gasteiger partial charge is 0.495 e. The second kappa shape index (κ2) is 7.79. The van der Waals surface area contributed by atoms with Crippen LogP contribution in [0.3, 0.4) is 0 Å². The van der Waals surface area contributed by atoms with Crippen LogP contribution >= 0.6 is 0 Å². The zero-order valence-corrected chi connectivity index (χ0v) is 16.0. The lowest BCUT2D eigenvalue weighted by Crippen LogP contribution is -2.20. The fourth-order valence-electron chi connectivity index (χ4n) is 2.72. The van der Waals surface area contributed by atoms with Gasteiger partial charge < -0.3 is 10.1 Å². The van der Waals surface area contributed by atoms with E-state index in [1.165, 1.54) is 32.4 Å². The predicted octanol–water partition coefficient (Wildman–Crippen LogP) is 1.02. The molecule has 9 nitrogen and oxygen atoms in total. The van der Waals surface area contributed by atoms with E-state index in [4.69, 9.17) is 4.74 Å². The Morgan fingerprint density at radius 1 is 1.18 bits per heavy atom. The lowest BCUT2D eigenvalue weighted by atomic mass is 10.1. The van der Waals surface area contributed by atoms with Crippen molar-refractivity contribution in [1.82, 2.24) is 14.9 Å². The molecule has 28 heavy (non-hydrogen) atoms. The quantitative estimate of drug-likeness (QED) is 0.564. The highest BCUT2D eigenvalue weighted by molar-refractivity contribution is 7.89. The van der Waals surface area contributed by atoms with Crippen LogP contribution in [0.15, 0.2) is 52.2 Å². The lowest BCUT2D eigenvalue weighted by molar-refractivity contribution is -0.115. The zero-order chi connectivity index (χ0) is 20.3. The molecular formula is C18H18N4O5S. The molecule has 3 N–H and O–H groups in total. The van der Waals surface area contributed by atoms with Crippen LogP contribution in [0.25, 0.3) is 10.8 Å². The summed E-state index contributed by atoms with van der Waals surface area (Å²) in [4.78, 5) is 24.4. The molecule has 2 aromatic carbocycles. The number of hydrogen-bond donors (Lipinski definition) is 3. The minimum Gasteiger partial charge on any atom is -0.495 e. The maximum atomic E-state index is 12.5. The molecule has 1 heterocycles. The summed E-state index contributed by atoms with van der Waals surface area (Å²) in [6, 6.07) is 11.0. The molecule has 0 aliphatic carbocycles. The zero-order valence-electron chi connectivity index (χ0n) is 15.1. The van der Waals surface area contributed by atoms with Gasteiger partial charge >= 0.3 is 0 Å². The van der Waals surface area contributed by atoms with Gasteiger partial charge in [0.25, 0.3) is 5.56 Å². The number of benzene rings is 2. The van der Waals surface area contributed by atoms with Crippen LogP contribution in [0, 0.1) is 0 Å². The molecule has 0 unspecified atom stereocenters. The van der Waals surface area contributed by atoms with Gasteiger partial charge in [-0.3, -0.25) is 9.59 Å². The summed E-state index contributed by atoms with van der Waals surface area (Å²) < 4.78 is 31.4. The summed E-state index contributed by atoms with van der Waals surface area (Å²) in [6.07, 6.45) is -0.122. The number of nitrogens with one attached hydrogen (secondary N) is 3. The number of methoxy groups -OCH3 is 1. The van der Waals surface area contributed by atoms with Gasteiger partial charge in [0.1, 0.15) is 5.75 Å². The first-order valence-corrected chi connectivity index (χ1v) is 9.72. The maximum absolute atomic E-state index is 12.5. The predicted molar refractivity (Wildman–Crippen MR) is 104 cm³/mol. The molecule has 0 saturated heterocycles. The normalized spacial score (nSPS) is 11.4. The number of aromatic nitrogens is 2. The van der Waals surface area contributed by atoms with Gasteiger partial charge in [-0.2, -0.15) is 5.10 Å². The van der Waals surface area contributed by atoms with E-state index in [9.17, 15) is 18.0 Å². The van der Waals surface area contributed by atoms with E-state index in [2.05, 4.69) is 20.2 Å². The summed E-state index contributed by atoms with van der Waals surface area (Å²) in [7, 11) is -0.976. The summed E-state index contributed by atoms with van der Waals surface area (Å²) in [5, 5.41) is 9.98. The molecule has 3 rings (SSSR count). The van der Waals surface area contributed by atoms with E-state index in [0.29, 0.717) is 22.2 Å². The minimum atomic E-state index is -3.68. The fraction of sp³-hybridized carbons (Fsp3) is 0.167. The van der Waals surface area contributed by atoms with Gasteiger partial charge in [-0.05, 0) is 31.3 Å². The van der Waals surface area contributed by atoms with Crippen molar-refractivity contribution in [3.8, 4) is 5.75 Å². The van der Waals surface area contributed by atoms with Crippen LogP contribution in [-0.4, -0.2) is 38.7 Å². The molecule has 146 valence electrons. The van der Waals surface area contributed by atoms with Gasteiger partial charge in [0.05, 0.1) is 35.2 Å². The Morgan fingerprint density at radius 2 is 1.89 bits per heavy atom. The number of hydrogen-bond acceptors (Lipinski definition) is 6. The first-order valence-electron chi connectivity index (χ1n) is 8.23. The number of rotatable bonds is 6. The molecule has 0 atom stereocenters. The number of carbonyl (C=O) groups excluding carboxylic acids is 1. The standard InChI is InChI=1S/C18H18N4O5S/c1-19-28(25,26)11-7-8-16(27-2)15(9-11)20-17(23)10-14-12-5-3-4-6-13(12)18(24)22-21-14/h3-9,19H,10H2,1-2H3,(H,20,23)(H,22,24). The maximum Gasteiger partial charge on any atom is 0.272 e. The number of amides is 1. The smallest absolute Gasteiger partial charge is 0.272 e. The molecule has 0 aliphatic heterocycles. The van der Waals surface area contributed by atoms with Crippen LogP contribution in [0.4, 0.5) is 5.69 Å². The van der Waals surface area contributed by atoms with Crippen LogP contribution in [0.1, 0.15) is 5.69 Å². The molecule has 0 bridgehead atoms. The van der Waals surface area contributed by atoms with Crippen molar-refractivity contribution < 1.29 is 17.9 Å². The highest BCUT2D eigenvalue weighted by atomic mass is 32.2. The Bertz CT molecular complexity index is 1200.